The molecule has 2 aliphatic rings. The van der Waals surface area contributed by atoms with Gasteiger partial charge in [-0.25, -0.2) is 0 Å². The molecule has 4 rings (SSSR count). The molecular weight excluding hydrogens is 382 g/mol. The van der Waals surface area contributed by atoms with Gasteiger partial charge in [-0.1, -0.05) is 31.1 Å². The summed E-state index contributed by atoms with van der Waals surface area (Å²) in [5, 5.41) is 16.4. The molecule has 0 aliphatic carbocycles. The van der Waals surface area contributed by atoms with Crippen molar-refractivity contribution in [1.29, 1.82) is 5.26 Å². The van der Waals surface area contributed by atoms with E-state index < -0.39 is 5.66 Å². The van der Waals surface area contributed by atoms with Crippen LogP contribution in [0.3, 0.4) is 0 Å². The summed E-state index contributed by atoms with van der Waals surface area (Å²) in [5.41, 5.74) is 0.995. The zero-order valence-corrected chi connectivity index (χ0v) is 17.2. The third-order valence-corrected chi connectivity index (χ3v) is 6.06. The lowest BCUT2D eigenvalue weighted by molar-refractivity contribution is -0.134. The number of carbonyl (C=O) groups excluding carboxylic acids is 2. The van der Waals surface area contributed by atoms with Crippen LogP contribution in [-0.4, -0.2) is 51.6 Å². The molecule has 0 bridgehead atoms. The summed E-state index contributed by atoms with van der Waals surface area (Å²) in [6.45, 7) is 5.52. The van der Waals surface area contributed by atoms with Crippen LogP contribution in [0.5, 0.6) is 0 Å². The molecule has 1 unspecified atom stereocenters. The Labute approximate surface area is 175 Å². The highest BCUT2D eigenvalue weighted by Gasteiger charge is 2.52. The smallest absolute Gasteiger partial charge is 0.292 e. The van der Waals surface area contributed by atoms with Crippen LogP contribution in [0.15, 0.2) is 41.1 Å². The SMILES string of the molecule is CC(C)C1NC2(CCN(C(=O)c3ccno3)CC2)N(Cc2cccc(C#N)c2)C1=O. The summed E-state index contributed by atoms with van der Waals surface area (Å²) >= 11 is 0. The quantitative estimate of drug-likeness (QED) is 0.833. The second-order valence-electron chi connectivity index (χ2n) is 8.30. The summed E-state index contributed by atoms with van der Waals surface area (Å²) in [7, 11) is 0. The molecule has 8 nitrogen and oxygen atoms in total. The van der Waals surface area contributed by atoms with Crippen LogP contribution < -0.4 is 5.32 Å². The number of likely N-dealkylation sites (tertiary alicyclic amines) is 1. The number of amides is 2. The van der Waals surface area contributed by atoms with Crippen molar-refractivity contribution in [3.05, 3.63) is 53.4 Å². The number of benzene rings is 1. The van der Waals surface area contributed by atoms with E-state index in [2.05, 4.69) is 16.5 Å². The molecule has 30 heavy (non-hydrogen) atoms. The number of rotatable bonds is 4. The van der Waals surface area contributed by atoms with Crippen molar-refractivity contribution < 1.29 is 14.1 Å². The Morgan fingerprint density at radius 1 is 1.37 bits per heavy atom. The maximum absolute atomic E-state index is 13.3. The van der Waals surface area contributed by atoms with Gasteiger partial charge in [-0.3, -0.25) is 14.9 Å². The first kappa shape index (κ1) is 20.1. The average molecular weight is 407 g/mol. The van der Waals surface area contributed by atoms with Crippen LogP contribution in [0.2, 0.25) is 0 Å². The van der Waals surface area contributed by atoms with Gasteiger partial charge in [0, 0.05) is 38.5 Å². The average Bonchev–Trinajstić information content (AvgIpc) is 3.38. The summed E-state index contributed by atoms with van der Waals surface area (Å²) < 4.78 is 5.01. The Morgan fingerprint density at radius 3 is 2.77 bits per heavy atom. The Kier molecular flexibility index (Phi) is 5.31. The molecule has 3 heterocycles. The monoisotopic (exact) mass is 407 g/mol. The molecule has 2 amide bonds. The van der Waals surface area contributed by atoms with E-state index in [1.807, 2.05) is 36.9 Å². The van der Waals surface area contributed by atoms with Gasteiger partial charge >= 0.3 is 0 Å². The number of hydrogen-bond donors (Lipinski definition) is 1. The van der Waals surface area contributed by atoms with Gasteiger partial charge in [0.2, 0.25) is 11.7 Å². The minimum atomic E-state index is -0.507. The predicted molar refractivity (Wildman–Crippen MR) is 108 cm³/mol. The van der Waals surface area contributed by atoms with Crippen LogP contribution >= 0.6 is 0 Å². The van der Waals surface area contributed by atoms with Crippen molar-refractivity contribution in [2.75, 3.05) is 13.1 Å². The van der Waals surface area contributed by atoms with Crippen molar-refractivity contribution in [3.63, 3.8) is 0 Å². The van der Waals surface area contributed by atoms with E-state index in [0.717, 1.165) is 5.56 Å². The van der Waals surface area contributed by atoms with Gasteiger partial charge in [0.1, 0.15) is 0 Å². The lowest BCUT2D eigenvalue weighted by Gasteiger charge is -2.44. The van der Waals surface area contributed by atoms with E-state index >= 15 is 0 Å². The molecule has 8 heteroatoms. The van der Waals surface area contributed by atoms with Crippen LogP contribution in [0.4, 0.5) is 0 Å². The summed E-state index contributed by atoms with van der Waals surface area (Å²) in [6, 6.07) is 10.8. The Bertz CT molecular complexity index is 971. The number of piperidine rings is 1. The number of hydrogen-bond acceptors (Lipinski definition) is 6. The Hall–Kier alpha value is -3.18. The first-order valence-electron chi connectivity index (χ1n) is 10.2. The van der Waals surface area contributed by atoms with Crippen molar-refractivity contribution in [2.24, 2.45) is 5.92 Å². The van der Waals surface area contributed by atoms with E-state index in [1.54, 1.807) is 17.0 Å². The second kappa shape index (κ2) is 7.92. The van der Waals surface area contributed by atoms with Crippen molar-refractivity contribution in [3.8, 4) is 6.07 Å². The lowest BCUT2D eigenvalue weighted by atomic mass is 9.94. The van der Waals surface area contributed by atoms with Gasteiger partial charge in [0.15, 0.2) is 0 Å². The van der Waals surface area contributed by atoms with E-state index in [-0.39, 0.29) is 29.5 Å². The highest BCUT2D eigenvalue weighted by molar-refractivity contribution is 5.91. The standard InChI is InChI=1S/C22H25N5O3/c1-15(2)19-21(29)27(14-17-5-3-4-16(12-17)13-23)22(25-19)7-10-26(11-8-22)20(28)18-6-9-24-30-18/h3-6,9,12,15,19,25H,7-8,10-11,14H2,1-2H3. The molecule has 0 radical (unpaired) electrons. The molecular formula is C22H25N5O3. The molecule has 1 aromatic heterocycles. The zero-order chi connectivity index (χ0) is 21.3. The van der Waals surface area contributed by atoms with Gasteiger partial charge < -0.3 is 14.3 Å². The molecule has 1 aromatic carbocycles. The molecule has 0 saturated carbocycles. The maximum Gasteiger partial charge on any atom is 0.292 e. The molecule has 1 N–H and O–H groups in total. The fourth-order valence-corrected chi connectivity index (χ4v) is 4.39. The normalized spacial score (nSPS) is 20.7. The van der Waals surface area contributed by atoms with Crippen LogP contribution in [0.25, 0.3) is 0 Å². The number of aromatic nitrogens is 1. The van der Waals surface area contributed by atoms with E-state index in [1.165, 1.54) is 6.20 Å². The number of nitrogens with one attached hydrogen (secondary N) is 1. The van der Waals surface area contributed by atoms with Gasteiger partial charge in [-0.15, -0.1) is 0 Å². The van der Waals surface area contributed by atoms with E-state index in [9.17, 15) is 14.9 Å². The third-order valence-electron chi connectivity index (χ3n) is 6.06. The molecule has 1 atom stereocenters. The minimum Gasteiger partial charge on any atom is -0.351 e. The molecule has 2 aliphatic heterocycles. The van der Waals surface area contributed by atoms with Crippen molar-refractivity contribution in [1.82, 2.24) is 20.3 Å². The largest absolute Gasteiger partial charge is 0.351 e. The fraction of sp³-hybridized carbons (Fsp3) is 0.455. The van der Waals surface area contributed by atoms with Gasteiger partial charge in [0.05, 0.1) is 29.5 Å². The number of carbonyl (C=O) groups is 2. The van der Waals surface area contributed by atoms with Gasteiger partial charge in [0.25, 0.3) is 5.91 Å². The Balaban J connectivity index is 1.56. The topological polar surface area (TPSA) is 102 Å². The first-order chi connectivity index (χ1) is 14.4. The van der Waals surface area contributed by atoms with Gasteiger partial charge in [-0.05, 0) is 23.6 Å². The van der Waals surface area contributed by atoms with Gasteiger partial charge in [-0.2, -0.15) is 5.26 Å². The van der Waals surface area contributed by atoms with Crippen LogP contribution in [-0.2, 0) is 11.3 Å². The first-order valence-corrected chi connectivity index (χ1v) is 10.2. The molecule has 2 aromatic rings. The van der Waals surface area contributed by atoms with E-state index in [4.69, 9.17) is 4.52 Å². The molecule has 156 valence electrons. The van der Waals surface area contributed by atoms with E-state index in [0.29, 0.717) is 38.0 Å². The molecule has 1 spiro atoms. The molecule has 2 fully saturated rings. The second-order valence-corrected chi connectivity index (χ2v) is 8.30. The Morgan fingerprint density at radius 2 is 2.13 bits per heavy atom. The van der Waals surface area contributed by atoms with Crippen molar-refractivity contribution >= 4 is 11.8 Å². The number of nitrogens with zero attached hydrogens (tertiary/aromatic N) is 4. The molecule has 2 saturated heterocycles. The summed E-state index contributed by atoms with van der Waals surface area (Å²) in [5.74, 6) is 0.271. The zero-order valence-electron chi connectivity index (χ0n) is 17.2. The lowest BCUT2D eigenvalue weighted by Crippen LogP contribution is -2.59. The van der Waals surface area contributed by atoms with Crippen LogP contribution in [0, 0.1) is 17.2 Å². The maximum atomic E-state index is 13.3. The van der Waals surface area contributed by atoms with Crippen molar-refractivity contribution in [2.45, 2.75) is 44.9 Å². The fourth-order valence-electron chi connectivity index (χ4n) is 4.39. The summed E-state index contributed by atoms with van der Waals surface area (Å²) in [6.07, 6.45) is 2.71. The number of nitriles is 1. The predicted octanol–water partition coefficient (Wildman–Crippen LogP) is 2.14. The summed E-state index contributed by atoms with van der Waals surface area (Å²) in [4.78, 5) is 29.5. The van der Waals surface area contributed by atoms with Crippen LogP contribution in [0.1, 0.15) is 48.4 Å². The minimum absolute atomic E-state index is 0.0716. The third kappa shape index (κ3) is 3.57. The highest BCUT2D eigenvalue weighted by Crippen LogP contribution is 2.36. The highest BCUT2D eigenvalue weighted by atomic mass is 16.5.